The van der Waals surface area contributed by atoms with Crippen molar-refractivity contribution < 1.29 is 22.8 Å². The number of urea groups is 1. The van der Waals surface area contributed by atoms with Crippen molar-refractivity contribution in [3.05, 3.63) is 53.6 Å². The average molecular weight is 548 g/mol. The molecule has 0 radical (unpaired) electrons. The number of carbonyl (C=O) groups excluding carboxylic acids is 2. The van der Waals surface area contributed by atoms with Gasteiger partial charge in [0.1, 0.15) is 11.0 Å². The summed E-state index contributed by atoms with van der Waals surface area (Å²) in [6, 6.07) is 11.5. The number of aromatic nitrogens is 3. The third-order valence-corrected chi connectivity index (χ3v) is 7.77. The Bertz CT molecular complexity index is 1270. The van der Waals surface area contributed by atoms with Gasteiger partial charge in [0.25, 0.3) is 5.91 Å². The van der Waals surface area contributed by atoms with Crippen LogP contribution >= 0.6 is 11.8 Å². The minimum Gasteiger partial charge on any atom is -0.339 e. The molecule has 2 N–H and O–H groups in total. The molecule has 0 spiro atoms. The number of H-pyrrole nitrogens is 1. The molecular weight excluding hydrogens is 519 g/mol. The number of thioether (sulfide) groups is 1. The van der Waals surface area contributed by atoms with Crippen molar-refractivity contribution in [2.75, 3.05) is 39.3 Å². The van der Waals surface area contributed by atoms with Crippen LogP contribution in [-0.2, 0) is 6.54 Å². The zero-order chi connectivity index (χ0) is 26.7. The number of amides is 3. The Hall–Kier alpha value is -3.32. The number of nitrogens with zero attached hydrogens (tertiary/aromatic N) is 5. The third-order valence-electron chi connectivity index (χ3n) is 7.03. The van der Waals surface area contributed by atoms with E-state index in [1.54, 1.807) is 35.2 Å². The van der Waals surface area contributed by atoms with E-state index in [2.05, 4.69) is 25.6 Å². The second-order valence-corrected chi connectivity index (χ2v) is 10.6. The molecule has 3 amide bonds. The SMILES string of the molecule is O=C(NCc1ccc(SC(F)(F)F)cc1)N1CCN(C2CCN(C(=O)c3ccc4n[nH]nc4c3)CC2)CC1. The van der Waals surface area contributed by atoms with Crippen LogP contribution in [0.4, 0.5) is 18.0 Å². The second-order valence-electron chi connectivity index (χ2n) is 9.42. The smallest absolute Gasteiger partial charge is 0.339 e. The largest absolute Gasteiger partial charge is 0.446 e. The van der Waals surface area contributed by atoms with Crippen LogP contribution in [0.5, 0.6) is 0 Å². The molecule has 0 atom stereocenters. The molecule has 0 bridgehead atoms. The monoisotopic (exact) mass is 547 g/mol. The number of piperazine rings is 1. The highest BCUT2D eigenvalue weighted by Crippen LogP contribution is 2.36. The number of hydrogen-bond donors (Lipinski definition) is 2. The number of carbonyl (C=O) groups is 2. The molecule has 0 aliphatic carbocycles. The fraction of sp³-hybridized carbons (Fsp3) is 0.440. The predicted octanol–water partition coefficient (Wildman–Crippen LogP) is 3.70. The zero-order valence-corrected chi connectivity index (χ0v) is 21.4. The second kappa shape index (κ2) is 11.2. The Labute approximate surface area is 221 Å². The lowest BCUT2D eigenvalue weighted by atomic mass is 10.0. The molecule has 5 rings (SSSR count). The van der Waals surface area contributed by atoms with E-state index in [-0.39, 0.29) is 35.1 Å². The molecule has 2 aliphatic rings. The normalized spacial score (nSPS) is 17.7. The van der Waals surface area contributed by atoms with Gasteiger partial charge in [0.05, 0.1) is 0 Å². The number of halogens is 3. The minimum absolute atomic E-state index is 0.00332. The van der Waals surface area contributed by atoms with Gasteiger partial charge in [-0.25, -0.2) is 4.79 Å². The lowest BCUT2D eigenvalue weighted by Crippen LogP contribution is -2.56. The number of piperidine rings is 1. The lowest BCUT2D eigenvalue weighted by molar-refractivity contribution is -0.0328. The van der Waals surface area contributed by atoms with Gasteiger partial charge in [-0.1, -0.05) is 12.1 Å². The van der Waals surface area contributed by atoms with Crippen molar-refractivity contribution in [3.63, 3.8) is 0 Å². The summed E-state index contributed by atoms with van der Waals surface area (Å²) in [4.78, 5) is 31.7. The van der Waals surface area contributed by atoms with E-state index in [9.17, 15) is 22.8 Å². The first-order chi connectivity index (χ1) is 18.2. The molecule has 3 aromatic rings. The number of rotatable bonds is 5. The van der Waals surface area contributed by atoms with Gasteiger partial charge in [-0.15, -0.1) is 0 Å². The summed E-state index contributed by atoms with van der Waals surface area (Å²) >= 11 is -0.156. The number of benzene rings is 2. The molecule has 2 fully saturated rings. The molecule has 0 unspecified atom stereocenters. The van der Waals surface area contributed by atoms with Crippen molar-refractivity contribution in [1.29, 1.82) is 0 Å². The van der Waals surface area contributed by atoms with Gasteiger partial charge in [0.15, 0.2) is 0 Å². The summed E-state index contributed by atoms with van der Waals surface area (Å²) in [6.07, 6.45) is 1.76. The van der Waals surface area contributed by atoms with E-state index in [0.717, 1.165) is 37.0 Å². The number of likely N-dealkylation sites (tertiary alicyclic amines) is 1. The maximum absolute atomic E-state index is 13.0. The number of nitrogens with one attached hydrogen (secondary N) is 2. The van der Waals surface area contributed by atoms with E-state index >= 15 is 0 Å². The molecule has 38 heavy (non-hydrogen) atoms. The third kappa shape index (κ3) is 6.38. The zero-order valence-electron chi connectivity index (χ0n) is 20.6. The Kier molecular flexibility index (Phi) is 7.75. The molecule has 13 heteroatoms. The van der Waals surface area contributed by atoms with Gasteiger partial charge in [0.2, 0.25) is 0 Å². The Balaban J connectivity index is 1.04. The average Bonchev–Trinajstić information content (AvgIpc) is 3.39. The Morgan fingerprint density at radius 1 is 0.921 bits per heavy atom. The van der Waals surface area contributed by atoms with Crippen LogP contribution in [0.3, 0.4) is 0 Å². The van der Waals surface area contributed by atoms with E-state index in [4.69, 9.17) is 0 Å². The summed E-state index contributed by atoms with van der Waals surface area (Å²) in [5, 5.41) is 13.5. The summed E-state index contributed by atoms with van der Waals surface area (Å²) in [7, 11) is 0. The number of aromatic amines is 1. The standard InChI is InChI=1S/C25H28F3N7O2S/c26-25(27,28)38-20-4-1-17(2-5-20)16-29-24(37)35-13-11-33(12-14-35)19-7-9-34(10-8-19)23(36)18-3-6-21-22(15-18)31-32-30-21/h1-6,15,19H,7-14,16H2,(H,29,37)(H,30,31,32). The van der Waals surface area contributed by atoms with Crippen LogP contribution in [0, 0.1) is 0 Å². The first-order valence-corrected chi connectivity index (χ1v) is 13.3. The first-order valence-electron chi connectivity index (χ1n) is 12.5. The topological polar surface area (TPSA) is 97.5 Å². The van der Waals surface area contributed by atoms with Gasteiger partial charge in [-0.3, -0.25) is 9.69 Å². The molecule has 2 aromatic carbocycles. The fourth-order valence-corrected chi connectivity index (χ4v) is 5.52. The first kappa shape index (κ1) is 26.3. The van der Waals surface area contributed by atoms with Gasteiger partial charge in [-0.2, -0.15) is 28.6 Å². The van der Waals surface area contributed by atoms with Gasteiger partial charge in [0, 0.05) is 62.3 Å². The molecular formula is C25H28F3N7O2S. The van der Waals surface area contributed by atoms with Crippen LogP contribution in [0.2, 0.25) is 0 Å². The molecule has 202 valence electrons. The fourth-order valence-electron chi connectivity index (χ4n) is 4.98. The number of fused-ring (bicyclic) bond motifs is 1. The molecule has 0 saturated carbocycles. The van der Waals surface area contributed by atoms with Gasteiger partial charge < -0.3 is 15.1 Å². The van der Waals surface area contributed by atoms with Crippen molar-refractivity contribution >= 4 is 34.7 Å². The molecule has 2 saturated heterocycles. The number of hydrogen-bond acceptors (Lipinski definition) is 6. The predicted molar refractivity (Wildman–Crippen MR) is 137 cm³/mol. The minimum atomic E-state index is -4.32. The Morgan fingerprint density at radius 2 is 1.61 bits per heavy atom. The summed E-state index contributed by atoms with van der Waals surface area (Å²) in [6.45, 7) is 4.35. The van der Waals surface area contributed by atoms with E-state index in [1.807, 2.05) is 4.90 Å². The Morgan fingerprint density at radius 3 is 2.29 bits per heavy atom. The summed E-state index contributed by atoms with van der Waals surface area (Å²) < 4.78 is 37.4. The van der Waals surface area contributed by atoms with Crippen molar-refractivity contribution in [2.45, 2.75) is 35.8 Å². The molecule has 1 aromatic heterocycles. The van der Waals surface area contributed by atoms with Gasteiger partial charge in [-0.05, 0) is 60.5 Å². The van der Waals surface area contributed by atoms with Crippen molar-refractivity contribution in [1.82, 2.24) is 35.4 Å². The lowest BCUT2D eigenvalue weighted by Gasteiger charge is -2.42. The van der Waals surface area contributed by atoms with Crippen LogP contribution < -0.4 is 5.32 Å². The highest BCUT2D eigenvalue weighted by molar-refractivity contribution is 8.00. The van der Waals surface area contributed by atoms with Crippen molar-refractivity contribution in [2.24, 2.45) is 0 Å². The molecule has 9 nitrogen and oxygen atoms in total. The highest BCUT2D eigenvalue weighted by Gasteiger charge is 2.31. The van der Waals surface area contributed by atoms with E-state index < -0.39 is 5.51 Å². The van der Waals surface area contributed by atoms with Crippen molar-refractivity contribution in [3.8, 4) is 0 Å². The van der Waals surface area contributed by atoms with Crippen LogP contribution in [-0.4, -0.2) is 92.9 Å². The van der Waals surface area contributed by atoms with Gasteiger partial charge >= 0.3 is 11.5 Å². The van der Waals surface area contributed by atoms with E-state index in [0.29, 0.717) is 43.3 Å². The van der Waals surface area contributed by atoms with Crippen LogP contribution in [0.1, 0.15) is 28.8 Å². The van der Waals surface area contributed by atoms with E-state index in [1.165, 1.54) is 12.1 Å². The summed E-state index contributed by atoms with van der Waals surface area (Å²) in [5.74, 6) is 0.00332. The molecule has 2 aliphatic heterocycles. The number of alkyl halides is 3. The highest BCUT2D eigenvalue weighted by atomic mass is 32.2. The quantitative estimate of drug-likeness (QED) is 0.473. The molecule has 3 heterocycles. The summed E-state index contributed by atoms with van der Waals surface area (Å²) in [5.41, 5.74) is -1.57. The maximum atomic E-state index is 13.0. The van der Waals surface area contributed by atoms with Crippen LogP contribution in [0.25, 0.3) is 11.0 Å². The van der Waals surface area contributed by atoms with Crippen LogP contribution in [0.15, 0.2) is 47.4 Å². The maximum Gasteiger partial charge on any atom is 0.446 e.